The summed E-state index contributed by atoms with van der Waals surface area (Å²) < 4.78 is 11.5. The summed E-state index contributed by atoms with van der Waals surface area (Å²) in [5.74, 6) is -0.294. The quantitative estimate of drug-likeness (QED) is 0.225. The highest BCUT2D eigenvalue weighted by molar-refractivity contribution is 5.72. The molecule has 2 aromatic carbocycles. The maximum Gasteiger partial charge on any atom is 0.309 e. The van der Waals surface area contributed by atoms with Crippen molar-refractivity contribution in [1.82, 2.24) is 0 Å². The second-order valence-corrected chi connectivity index (χ2v) is 17.8. The summed E-state index contributed by atoms with van der Waals surface area (Å²) >= 11 is 0. The molecule has 0 aliphatic heterocycles. The first kappa shape index (κ1) is 38.2. The number of benzene rings is 2. The number of rotatable bonds is 8. The van der Waals surface area contributed by atoms with Gasteiger partial charge in [0.25, 0.3) is 6.29 Å². The molecule has 0 fully saturated rings. The van der Waals surface area contributed by atoms with Crippen LogP contribution in [0.3, 0.4) is 0 Å². The Bertz CT molecular complexity index is 1200. The molecule has 6 nitrogen and oxygen atoms in total. The number of phenols is 2. The number of aromatic hydroxyl groups is 2. The Morgan fingerprint density at radius 3 is 0.978 bits per heavy atom. The first-order chi connectivity index (χ1) is 20.1. The van der Waals surface area contributed by atoms with Crippen LogP contribution in [0.25, 0.3) is 0 Å². The van der Waals surface area contributed by atoms with Crippen LogP contribution in [0.5, 0.6) is 11.5 Å². The van der Waals surface area contributed by atoms with E-state index in [1.165, 1.54) is 0 Å². The third-order valence-corrected chi connectivity index (χ3v) is 7.99. The van der Waals surface area contributed by atoms with Crippen LogP contribution in [0.2, 0.25) is 0 Å². The number of ether oxygens (including phenoxy) is 2. The SMILES string of the molecule is CC(C)(C)c1cc(CCC(=O)OC(OC(=O)CCc2cc(C(C)(C)C)c(O)c(C(C)(C)C)c2)C(C)(C)C)cc(C(C)(C)C)c1O. The fourth-order valence-corrected chi connectivity index (χ4v) is 5.19. The number of esters is 2. The molecular weight excluding hydrogens is 564 g/mol. The summed E-state index contributed by atoms with van der Waals surface area (Å²) in [6.45, 7) is 30.3. The molecule has 0 unspecified atom stereocenters. The van der Waals surface area contributed by atoms with E-state index in [0.29, 0.717) is 24.3 Å². The lowest BCUT2D eigenvalue weighted by Gasteiger charge is -2.30. The topological polar surface area (TPSA) is 93.1 Å². The summed E-state index contributed by atoms with van der Waals surface area (Å²) in [6.07, 6.45) is 0.0519. The zero-order chi connectivity index (χ0) is 34.9. The molecule has 0 amide bonds. The smallest absolute Gasteiger partial charge is 0.309 e. The number of hydrogen-bond donors (Lipinski definition) is 2. The molecule has 0 aromatic heterocycles. The largest absolute Gasteiger partial charge is 0.507 e. The third-order valence-electron chi connectivity index (χ3n) is 7.99. The summed E-state index contributed by atoms with van der Waals surface area (Å²) in [6, 6.07) is 7.88. The van der Waals surface area contributed by atoms with Crippen LogP contribution < -0.4 is 0 Å². The Morgan fingerprint density at radius 2 is 0.778 bits per heavy atom. The van der Waals surface area contributed by atoms with Gasteiger partial charge >= 0.3 is 11.9 Å². The van der Waals surface area contributed by atoms with Gasteiger partial charge in [-0.2, -0.15) is 0 Å². The minimum Gasteiger partial charge on any atom is -0.507 e. The summed E-state index contributed by atoms with van der Waals surface area (Å²) in [5, 5.41) is 22.1. The molecule has 0 atom stereocenters. The monoisotopic (exact) mass is 624 g/mol. The van der Waals surface area contributed by atoms with Crippen LogP contribution in [0, 0.1) is 5.41 Å². The number of carbonyl (C=O) groups is 2. The van der Waals surface area contributed by atoms with Crippen molar-refractivity contribution in [2.24, 2.45) is 5.41 Å². The number of hydrogen-bond acceptors (Lipinski definition) is 6. The van der Waals surface area contributed by atoms with E-state index in [1.54, 1.807) is 0 Å². The maximum absolute atomic E-state index is 13.1. The van der Waals surface area contributed by atoms with Crippen molar-refractivity contribution in [2.45, 2.75) is 157 Å². The zero-order valence-corrected chi connectivity index (χ0v) is 30.7. The normalized spacial score (nSPS) is 13.2. The molecular formula is C39H60O6. The minimum absolute atomic E-state index is 0.112. The molecule has 2 rings (SSSR count). The molecule has 0 saturated heterocycles. The highest BCUT2D eigenvalue weighted by Gasteiger charge is 2.33. The molecule has 0 saturated carbocycles. The van der Waals surface area contributed by atoms with E-state index in [9.17, 15) is 19.8 Å². The molecule has 45 heavy (non-hydrogen) atoms. The van der Waals surface area contributed by atoms with E-state index in [1.807, 2.05) is 45.0 Å². The van der Waals surface area contributed by atoms with Crippen molar-refractivity contribution >= 4 is 11.9 Å². The molecule has 0 bridgehead atoms. The van der Waals surface area contributed by atoms with Gasteiger partial charge in [-0.1, -0.05) is 128 Å². The Hall–Kier alpha value is -3.02. The van der Waals surface area contributed by atoms with Crippen LogP contribution in [-0.2, 0) is 53.6 Å². The third kappa shape index (κ3) is 10.5. The highest BCUT2D eigenvalue weighted by atomic mass is 16.7. The van der Waals surface area contributed by atoms with Gasteiger partial charge in [0, 0.05) is 18.3 Å². The predicted octanol–water partition coefficient (Wildman–Crippen LogP) is 9.31. The van der Waals surface area contributed by atoms with Gasteiger partial charge in [-0.15, -0.1) is 0 Å². The fraction of sp³-hybridized carbons (Fsp3) is 0.641. The van der Waals surface area contributed by atoms with Gasteiger partial charge < -0.3 is 19.7 Å². The second kappa shape index (κ2) is 13.4. The molecule has 0 radical (unpaired) electrons. The predicted molar refractivity (Wildman–Crippen MR) is 183 cm³/mol. The van der Waals surface area contributed by atoms with E-state index in [-0.39, 0.29) is 34.5 Å². The Morgan fingerprint density at radius 1 is 0.533 bits per heavy atom. The summed E-state index contributed by atoms with van der Waals surface area (Å²) in [4.78, 5) is 26.1. The lowest BCUT2D eigenvalue weighted by Crippen LogP contribution is -2.36. The highest BCUT2D eigenvalue weighted by Crippen LogP contribution is 2.41. The lowest BCUT2D eigenvalue weighted by molar-refractivity contribution is -0.207. The molecule has 0 aliphatic rings. The van der Waals surface area contributed by atoms with Gasteiger partial charge in [-0.25, -0.2) is 0 Å². The average molecular weight is 625 g/mol. The average Bonchev–Trinajstić information content (AvgIpc) is 2.83. The summed E-state index contributed by atoms with van der Waals surface area (Å²) in [5.41, 5.74) is 3.57. The van der Waals surface area contributed by atoms with Crippen molar-refractivity contribution < 1.29 is 29.3 Å². The van der Waals surface area contributed by atoms with Crippen molar-refractivity contribution in [3.63, 3.8) is 0 Å². The van der Waals surface area contributed by atoms with E-state index >= 15 is 0 Å². The van der Waals surface area contributed by atoms with Gasteiger partial charge in [-0.3, -0.25) is 9.59 Å². The molecule has 0 heterocycles. The van der Waals surface area contributed by atoms with Gasteiger partial charge in [0.1, 0.15) is 11.5 Å². The van der Waals surface area contributed by atoms with Gasteiger partial charge in [0.05, 0.1) is 0 Å². The van der Waals surface area contributed by atoms with Gasteiger partial charge in [0.15, 0.2) is 0 Å². The van der Waals surface area contributed by atoms with E-state index in [0.717, 1.165) is 33.4 Å². The maximum atomic E-state index is 13.1. The Balaban J connectivity index is 2.18. The zero-order valence-electron chi connectivity index (χ0n) is 30.7. The summed E-state index contributed by atoms with van der Waals surface area (Å²) in [7, 11) is 0. The van der Waals surface area contributed by atoms with E-state index in [4.69, 9.17) is 9.47 Å². The van der Waals surface area contributed by atoms with Gasteiger partial charge in [-0.05, 0) is 67.9 Å². The molecule has 252 valence electrons. The van der Waals surface area contributed by atoms with Crippen LogP contribution in [-0.4, -0.2) is 28.4 Å². The molecule has 6 heteroatoms. The van der Waals surface area contributed by atoms with Crippen molar-refractivity contribution in [3.8, 4) is 11.5 Å². The van der Waals surface area contributed by atoms with Crippen LogP contribution in [0.4, 0.5) is 0 Å². The van der Waals surface area contributed by atoms with Crippen molar-refractivity contribution in [1.29, 1.82) is 0 Å². The first-order valence-electron chi connectivity index (χ1n) is 16.2. The van der Waals surface area contributed by atoms with E-state index in [2.05, 4.69) is 83.1 Å². The number of carbonyl (C=O) groups excluding carboxylic acids is 2. The lowest BCUT2D eigenvalue weighted by atomic mass is 9.78. The molecule has 2 aromatic rings. The fourth-order valence-electron chi connectivity index (χ4n) is 5.19. The van der Waals surface area contributed by atoms with Gasteiger partial charge in [0.2, 0.25) is 0 Å². The van der Waals surface area contributed by atoms with Crippen LogP contribution >= 0.6 is 0 Å². The Labute approximate surface area is 272 Å². The van der Waals surface area contributed by atoms with E-state index < -0.39 is 23.6 Å². The molecule has 0 aliphatic carbocycles. The molecule has 0 spiro atoms. The minimum atomic E-state index is -1.04. The Kier molecular flexibility index (Phi) is 11.3. The van der Waals surface area contributed by atoms with Crippen LogP contribution in [0.1, 0.15) is 150 Å². The first-order valence-corrected chi connectivity index (χ1v) is 16.2. The second-order valence-electron chi connectivity index (χ2n) is 17.8. The standard InChI is InChI=1S/C39H60O6/c1-35(2,3)26-20-24(21-27(32(26)42)36(4,5)6)16-18-30(40)44-34(39(13,14)15)45-31(41)19-17-25-22-28(37(7,8)9)33(43)29(23-25)38(10,11)12/h20-23,34,42-43H,16-19H2,1-15H3. The number of aryl methyl sites for hydroxylation is 2. The van der Waals surface area contributed by atoms with Crippen molar-refractivity contribution in [2.75, 3.05) is 0 Å². The molecule has 2 N–H and O–H groups in total. The number of phenolic OH excluding ortho intramolecular Hbond substituents is 2. The van der Waals surface area contributed by atoms with Crippen molar-refractivity contribution in [3.05, 3.63) is 57.6 Å². The van der Waals surface area contributed by atoms with Crippen LogP contribution in [0.15, 0.2) is 24.3 Å².